The molecule has 0 bridgehead atoms. The molecule has 0 heterocycles. The van der Waals surface area contributed by atoms with Crippen LogP contribution in [0.3, 0.4) is 0 Å². The molecule has 4 heteroatoms. The van der Waals surface area contributed by atoms with Gasteiger partial charge in [-0.25, -0.2) is 0 Å². The van der Waals surface area contributed by atoms with E-state index in [0.717, 1.165) is 0 Å². The fraction of sp³-hybridized carbons (Fsp3) is 0.333. The van der Waals surface area contributed by atoms with Crippen molar-refractivity contribution in [3.8, 4) is 5.75 Å². The Morgan fingerprint density at radius 3 is 2.85 bits per heavy atom. The van der Waals surface area contributed by atoms with Gasteiger partial charge in [-0.15, -0.1) is 0 Å². The van der Waals surface area contributed by atoms with E-state index in [-0.39, 0.29) is 6.10 Å². The van der Waals surface area contributed by atoms with Gasteiger partial charge in [0.15, 0.2) is 0 Å². The maximum absolute atomic E-state index is 5.89. The van der Waals surface area contributed by atoms with E-state index in [9.17, 15) is 0 Å². The minimum atomic E-state index is 0.00454. The smallest absolute Gasteiger partial charge is 0.138 e. The first-order chi connectivity index (χ1) is 6.24. The maximum Gasteiger partial charge on any atom is 0.138 e. The van der Waals surface area contributed by atoms with Crippen molar-refractivity contribution >= 4 is 11.6 Å². The molecule has 1 atom stereocenters. The second kappa shape index (κ2) is 5.07. The molecule has 3 N–H and O–H groups in total. The van der Waals surface area contributed by atoms with Crippen LogP contribution >= 0.6 is 11.6 Å². The van der Waals surface area contributed by atoms with Crippen molar-refractivity contribution < 1.29 is 4.74 Å². The summed E-state index contributed by atoms with van der Waals surface area (Å²) in [5.74, 6) is 5.85. The number of hydrazine groups is 1. The summed E-state index contributed by atoms with van der Waals surface area (Å²) >= 11 is 5.89. The minimum absolute atomic E-state index is 0.00454. The SMILES string of the molecule is CC(CNN)Oc1ccccc1Cl. The molecule has 0 saturated carbocycles. The molecule has 0 radical (unpaired) electrons. The Hall–Kier alpha value is -0.770. The van der Waals surface area contributed by atoms with Crippen LogP contribution in [0.2, 0.25) is 5.02 Å². The molecule has 0 spiro atoms. The number of hydrogen-bond acceptors (Lipinski definition) is 3. The van der Waals surface area contributed by atoms with Gasteiger partial charge in [0.05, 0.1) is 5.02 Å². The number of nitrogens with one attached hydrogen (secondary N) is 1. The van der Waals surface area contributed by atoms with Crippen LogP contribution in [0.1, 0.15) is 6.92 Å². The van der Waals surface area contributed by atoms with E-state index < -0.39 is 0 Å². The van der Waals surface area contributed by atoms with E-state index in [1.165, 1.54) is 0 Å². The van der Waals surface area contributed by atoms with Crippen LogP contribution in [-0.2, 0) is 0 Å². The van der Waals surface area contributed by atoms with Gasteiger partial charge in [-0.3, -0.25) is 11.3 Å². The molecule has 13 heavy (non-hydrogen) atoms. The third-order valence-electron chi connectivity index (χ3n) is 1.57. The number of rotatable bonds is 4. The minimum Gasteiger partial charge on any atom is -0.488 e. The number of hydrogen-bond donors (Lipinski definition) is 2. The first-order valence-corrected chi connectivity index (χ1v) is 4.46. The van der Waals surface area contributed by atoms with Crippen molar-refractivity contribution in [2.75, 3.05) is 6.54 Å². The van der Waals surface area contributed by atoms with Gasteiger partial charge in [-0.2, -0.15) is 0 Å². The number of benzene rings is 1. The number of para-hydroxylation sites is 1. The quantitative estimate of drug-likeness (QED) is 0.573. The Labute approximate surface area is 82.8 Å². The predicted octanol–water partition coefficient (Wildman–Crippen LogP) is 1.57. The maximum atomic E-state index is 5.89. The van der Waals surface area contributed by atoms with E-state index in [4.69, 9.17) is 22.2 Å². The van der Waals surface area contributed by atoms with Gasteiger partial charge in [-0.05, 0) is 19.1 Å². The molecule has 3 nitrogen and oxygen atoms in total. The third kappa shape index (κ3) is 3.22. The van der Waals surface area contributed by atoms with E-state index in [2.05, 4.69) is 5.43 Å². The number of halogens is 1. The molecular weight excluding hydrogens is 188 g/mol. The monoisotopic (exact) mass is 200 g/mol. The fourth-order valence-corrected chi connectivity index (χ4v) is 1.14. The summed E-state index contributed by atoms with van der Waals surface area (Å²) in [7, 11) is 0. The molecule has 1 aromatic rings. The summed E-state index contributed by atoms with van der Waals surface area (Å²) < 4.78 is 5.51. The van der Waals surface area contributed by atoms with Crippen LogP contribution in [0.25, 0.3) is 0 Å². The van der Waals surface area contributed by atoms with Crippen LogP contribution < -0.4 is 16.0 Å². The molecule has 0 amide bonds. The number of nitrogens with two attached hydrogens (primary N) is 1. The highest BCUT2D eigenvalue weighted by Gasteiger charge is 2.04. The topological polar surface area (TPSA) is 47.3 Å². The molecule has 72 valence electrons. The summed E-state index contributed by atoms with van der Waals surface area (Å²) in [5, 5.41) is 0.617. The zero-order valence-electron chi connectivity index (χ0n) is 7.46. The molecule has 0 saturated heterocycles. The molecule has 0 aromatic heterocycles. The molecule has 0 aliphatic carbocycles. The van der Waals surface area contributed by atoms with Gasteiger partial charge in [0.25, 0.3) is 0 Å². The number of ether oxygens (including phenoxy) is 1. The Kier molecular flexibility index (Phi) is 4.02. The van der Waals surface area contributed by atoms with Crippen molar-refractivity contribution in [3.05, 3.63) is 29.3 Å². The highest BCUT2D eigenvalue weighted by Crippen LogP contribution is 2.23. The van der Waals surface area contributed by atoms with E-state index in [1.54, 1.807) is 6.07 Å². The van der Waals surface area contributed by atoms with Crippen molar-refractivity contribution in [1.82, 2.24) is 5.43 Å². The Bertz CT molecular complexity index is 268. The highest BCUT2D eigenvalue weighted by atomic mass is 35.5. The van der Waals surface area contributed by atoms with Gasteiger partial charge in [0, 0.05) is 6.54 Å². The largest absolute Gasteiger partial charge is 0.488 e. The fourth-order valence-electron chi connectivity index (χ4n) is 0.965. The Morgan fingerprint density at radius 2 is 2.23 bits per heavy atom. The molecular formula is C9H13ClN2O. The van der Waals surface area contributed by atoms with Crippen molar-refractivity contribution in [3.63, 3.8) is 0 Å². The van der Waals surface area contributed by atoms with Gasteiger partial charge in [0.1, 0.15) is 11.9 Å². The molecule has 1 aromatic carbocycles. The van der Waals surface area contributed by atoms with Gasteiger partial charge >= 0.3 is 0 Å². The first kappa shape index (κ1) is 10.3. The summed E-state index contributed by atoms with van der Waals surface area (Å²) in [6.45, 7) is 2.51. The summed E-state index contributed by atoms with van der Waals surface area (Å²) in [5.41, 5.74) is 2.54. The Balaban J connectivity index is 2.58. The first-order valence-electron chi connectivity index (χ1n) is 4.08. The second-order valence-electron chi connectivity index (χ2n) is 2.77. The van der Waals surface area contributed by atoms with E-state index in [0.29, 0.717) is 17.3 Å². The van der Waals surface area contributed by atoms with Crippen molar-refractivity contribution in [1.29, 1.82) is 0 Å². The van der Waals surface area contributed by atoms with Crippen LogP contribution in [0.5, 0.6) is 5.75 Å². The normalized spacial score (nSPS) is 12.5. The van der Waals surface area contributed by atoms with Gasteiger partial charge in [-0.1, -0.05) is 23.7 Å². The second-order valence-corrected chi connectivity index (χ2v) is 3.17. The highest BCUT2D eigenvalue weighted by molar-refractivity contribution is 6.32. The summed E-state index contributed by atoms with van der Waals surface area (Å²) in [4.78, 5) is 0. The van der Waals surface area contributed by atoms with E-state index >= 15 is 0 Å². The lowest BCUT2D eigenvalue weighted by Crippen LogP contribution is -2.33. The zero-order chi connectivity index (χ0) is 9.68. The van der Waals surface area contributed by atoms with E-state index in [1.807, 2.05) is 25.1 Å². The average molecular weight is 201 g/mol. The van der Waals surface area contributed by atoms with Crippen LogP contribution in [0, 0.1) is 0 Å². The lowest BCUT2D eigenvalue weighted by molar-refractivity contribution is 0.218. The predicted molar refractivity (Wildman–Crippen MR) is 53.7 cm³/mol. The zero-order valence-corrected chi connectivity index (χ0v) is 8.21. The lowest BCUT2D eigenvalue weighted by Gasteiger charge is -2.14. The van der Waals surface area contributed by atoms with Crippen LogP contribution in [0.4, 0.5) is 0 Å². The van der Waals surface area contributed by atoms with Gasteiger partial charge < -0.3 is 4.74 Å². The van der Waals surface area contributed by atoms with Crippen molar-refractivity contribution in [2.24, 2.45) is 5.84 Å². The molecule has 0 aliphatic rings. The van der Waals surface area contributed by atoms with Crippen LogP contribution in [0.15, 0.2) is 24.3 Å². The lowest BCUT2D eigenvalue weighted by atomic mass is 10.3. The summed E-state index contributed by atoms with van der Waals surface area (Å²) in [6, 6.07) is 7.36. The average Bonchev–Trinajstić information content (AvgIpc) is 2.09. The third-order valence-corrected chi connectivity index (χ3v) is 1.88. The molecule has 0 aliphatic heterocycles. The summed E-state index contributed by atoms with van der Waals surface area (Å²) in [6.07, 6.45) is 0.00454. The van der Waals surface area contributed by atoms with Gasteiger partial charge in [0.2, 0.25) is 0 Å². The molecule has 1 rings (SSSR count). The van der Waals surface area contributed by atoms with Crippen molar-refractivity contribution in [2.45, 2.75) is 13.0 Å². The van der Waals surface area contributed by atoms with Crippen LogP contribution in [-0.4, -0.2) is 12.6 Å². The molecule has 1 unspecified atom stereocenters. The Morgan fingerprint density at radius 1 is 1.54 bits per heavy atom. The standard InChI is InChI=1S/C9H13ClN2O/c1-7(6-12-11)13-9-5-3-2-4-8(9)10/h2-5,7,12H,6,11H2,1H3. The molecule has 0 fully saturated rings.